The first-order chi connectivity index (χ1) is 12.3. The van der Waals surface area contributed by atoms with E-state index in [9.17, 15) is 18.4 Å². The van der Waals surface area contributed by atoms with E-state index < -0.39 is 23.0 Å². The van der Waals surface area contributed by atoms with Gasteiger partial charge < -0.3 is 0 Å². The molecule has 0 saturated heterocycles. The smallest absolute Gasteiger partial charge is 0.255 e. The quantitative estimate of drug-likeness (QED) is 0.492. The van der Waals surface area contributed by atoms with Crippen LogP contribution >= 0.6 is 39.1 Å². The van der Waals surface area contributed by atoms with Gasteiger partial charge in [0.15, 0.2) is 5.78 Å². The number of pyridine rings is 1. The zero-order valence-corrected chi connectivity index (χ0v) is 15.9. The first-order valence-electron chi connectivity index (χ1n) is 7.15. The Bertz CT molecular complexity index is 1080. The highest BCUT2D eigenvalue weighted by atomic mass is 79.9. The summed E-state index contributed by atoms with van der Waals surface area (Å²) in [5.41, 5.74) is -0.585. The predicted molar refractivity (Wildman–Crippen MR) is 99.5 cm³/mol. The van der Waals surface area contributed by atoms with Gasteiger partial charge in [0.1, 0.15) is 11.6 Å². The summed E-state index contributed by atoms with van der Waals surface area (Å²) in [6, 6.07) is 8.13. The number of nitrogens with zero attached hydrogens (tertiary/aromatic N) is 1. The normalized spacial score (nSPS) is 10.8. The van der Waals surface area contributed by atoms with Crippen molar-refractivity contribution in [3.05, 3.63) is 96.3 Å². The molecule has 0 aliphatic heterocycles. The van der Waals surface area contributed by atoms with Crippen LogP contribution in [0.1, 0.15) is 15.9 Å². The second-order valence-corrected chi connectivity index (χ2v) is 7.03. The van der Waals surface area contributed by atoms with Crippen molar-refractivity contribution in [3.8, 4) is 5.69 Å². The molecule has 0 aliphatic carbocycles. The number of halogens is 5. The summed E-state index contributed by atoms with van der Waals surface area (Å²) in [6.07, 6.45) is 1.22. The number of carbonyl (C=O) groups is 1. The molecule has 0 atom stereocenters. The van der Waals surface area contributed by atoms with E-state index in [1.54, 1.807) is 12.1 Å². The van der Waals surface area contributed by atoms with E-state index in [1.807, 2.05) is 0 Å². The van der Waals surface area contributed by atoms with Crippen LogP contribution in [0.15, 0.2) is 57.9 Å². The van der Waals surface area contributed by atoms with Crippen LogP contribution in [-0.2, 0) is 0 Å². The fraction of sp³-hybridized carbons (Fsp3) is 0. The number of hydrogen-bond donors (Lipinski definition) is 0. The van der Waals surface area contributed by atoms with Crippen LogP contribution in [0.3, 0.4) is 0 Å². The summed E-state index contributed by atoms with van der Waals surface area (Å²) in [7, 11) is 0. The van der Waals surface area contributed by atoms with Crippen molar-refractivity contribution in [3.63, 3.8) is 0 Å². The highest BCUT2D eigenvalue weighted by molar-refractivity contribution is 9.10. The molecule has 0 unspecified atom stereocenters. The molecule has 1 heterocycles. The number of hydrogen-bond acceptors (Lipinski definition) is 2. The van der Waals surface area contributed by atoms with Gasteiger partial charge in [-0.25, -0.2) is 8.78 Å². The minimum absolute atomic E-state index is 0.0187. The largest absolute Gasteiger partial charge is 0.288 e. The highest BCUT2D eigenvalue weighted by Crippen LogP contribution is 2.31. The van der Waals surface area contributed by atoms with Gasteiger partial charge in [0.05, 0.1) is 21.3 Å². The molecule has 132 valence electrons. The van der Waals surface area contributed by atoms with E-state index in [2.05, 4.69) is 15.9 Å². The molecule has 0 radical (unpaired) electrons. The van der Waals surface area contributed by atoms with Crippen molar-refractivity contribution in [2.24, 2.45) is 0 Å². The van der Waals surface area contributed by atoms with Crippen LogP contribution in [0.4, 0.5) is 8.78 Å². The third-order valence-electron chi connectivity index (χ3n) is 3.57. The second-order valence-electron chi connectivity index (χ2n) is 5.30. The van der Waals surface area contributed by atoms with E-state index in [-0.39, 0.29) is 26.9 Å². The molecule has 26 heavy (non-hydrogen) atoms. The average Bonchev–Trinajstić information content (AvgIpc) is 2.55. The van der Waals surface area contributed by atoms with Crippen molar-refractivity contribution < 1.29 is 13.6 Å². The Kier molecular flexibility index (Phi) is 5.27. The lowest BCUT2D eigenvalue weighted by molar-refractivity contribution is 0.103. The molecule has 3 nitrogen and oxygen atoms in total. The number of ketones is 1. The van der Waals surface area contributed by atoms with Crippen molar-refractivity contribution in [1.82, 2.24) is 4.57 Å². The van der Waals surface area contributed by atoms with Gasteiger partial charge >= 0.3 is 0 Å². The Morgan fingerprint density at radius 2 is 1.65 bits per heavy atom. The van der Waals surface area contributed by atoms with Crippen molar-refractivity contribution in [2.75, 3.05) is 0 Å². The fourth-order valence-corrected chi connectivity index (χ4v) is 3.78. The first kappa shape index (κ1) is 18.8. The van der Waals surface area contributed by atoms with Crippen LogP contribution in [-0.4, -0.2) is 10.4 Å². The van der Waals surface area contributed by atoms with E-state index >= 15 is 0 Å². The van der Waals surface area contributed by atoms with E-state index in [0.717, 1.165) is 22.8 Å². The van der Waals surface area contributed by atoms with E-state index in [4.69, 9.17) is 23.2 Å². The third kappa shape index (κ3) is 3.58. The molecular formula is C18H8BrCl2F2NO2. The Morgan fingerprint density at radius 1 is 1.00 bits per heavy atom. The number of aromatic nitrogens is 1. The number of benzene rings is 2. The Hall–Kier alpha value is -2.02. The maximum absolute atomic E-state index is 13.9. The van der Waals surface area contributed by atoms with E-state index in [0.29, 0.717) is 10.5 Å². The van der Waals surface area contributed by atoms with Gasteiger partial charge in [-0.1, -0.05) is 39.1 Å². The van der Waals surface area contributed by atoms with Gasteiger partial charge in [0, 0.05) is 28.4 Å². The van der Waals surface area contributed by atoms with Crippen LogP contribution in [0.25, 0.3) is 5.69 Å². The molecule has 0 bridgehead atoms. The maximum atomic E-state index is 13.9. The molecule has 8 heteroatoms. The van der Waals surface area contributed by atoms with Gasteiger partial charge in [-0.2, -0.15) is 0 Å². The Balaban J connectivity index is 2.15. The van der Waals surface area contributed by atoms with Crippen LogP contribution in [0.2, 0.25) is 10.0 Å². The van der Waals surface area contributed by atoms with Gasteiger partial charge in [0.25, 0.3) is 5.56 Å². The molecular weight excluding hydrogens is 451 g/mol. The molecule has 0 amide bonds. The van der Waals surface area contributed by atoms with E-state index in [1.165, 1.54) is 12.3 Å². The van der Waals surface area contributed by atoms with Crippen LogP contribution in [0.5, 0.6) is 0 Å². The summed E-state index contributed by atoms with van der Waals surface area (Å²) in [4.78, 5) is 24.8. The minimum Gasteiger partial charge on any atom is -0.288 e. The molecule has 3 aromatic rings. The van der Waals surface area contributed by atoms with Gasteiger partial charge in [-0.15, -0.1) is 0 Å². The molecule has 0 aliphatic rings. The second kappa shape index (κ2) is 7.31. The molecule has 2 aromatic carbocycles. The standard InChI is InChI=1S/C18H8BrCl2F2NO2/c19-10-5-13(20)17(14(21)6-10)24-8-9(1-4-16(24)25)18(26)12-3-2-11(22)7-15(12)23/h1-8H. The number of carbonyl (C=O) groups excluding carboxylic acids is 1. The van der Waals surface area contributed by atoms with Crippen LogP contribution in [0, 0.1) is 11.6 Å². The summed E-state index contributed by atoms with van der Waals surface area (Å²) in [5.74, 6) is -2.49. The topological polar surface area (TPSA) is 39.1 Å². The monoisotopic (exact) mass is 457 g/mol. The fourth-order valence-electron chi connectivity index (χ4n) is 2.39. The molecule has 0 N–H and O–H groups in total. The Labute approximate surface area is 164 Å². The average molecular weight is 459 g/mol. The highest BCUT2D eigenvalue weighted by Gasteiger charge is 2.18. The van der Waals surface area contributed by atoms with Gasteiger partial charge in [0.2, 0.25) is 0 Å². The lowest BCUT2D eigenvalue weighted by Gasteiger charge is -2.12. The lowest BCUT2D eigenvalue weighted by Crippen LogP contribution is -2.19. The summed E-state index contributed by atoms with van der Waals surface area (Å²) in [6.45, 7) is 0. The molecule has 0 spiro atoms. The predicted octanol–water partition coefficient (Wildman–Crippen LogP) is 5.42. The van der Waals surface area contributed by atoms with Crippen molar-refractivity contribution in [1.29, 1.82) is 0 Å². The summed E-state index contributed by atoms with van der Waals surface area (Å²) in [5, 5.41) is 0.369. The first-order valence-corrected chi connectivity index (χ1v) is 8.70. The lowest BCUT2D eigenvalue weighted by atomic mass is 10.0. The summed E-state index contributed by atoms with van der Waals surface area (Å²) >= 11 is 15.6. The molecule has 0 saturated carbocycles. The van der Waals surface area contributed by atoms with Crippen molar-refractivity contribution in [2.45, 2.75) is 0 Å². The number of rotatable bonds is 3. The zero-order valence-electron chi connectivity index (χ0n) is 12.8. The minimum atomic E-state index is -0.993. The van der Waals surface area contributed by atoms with Crippen LogP contribution < -0.4 is 5.56 Å². The van der Waals surface area contributed by atoms with Crippen molar-refractivity contribution >= 4 is 44.9 Å². The molecule has 0 fully saturated rings. The molecule has 3 rings (SSSR count). The van der Waals surface area contributed by atoms with Gasteiger partial charge in [-0.05, 0) is 30.3 Å². The maximum Gasteiger partial charge on any atom is 0.255 e. The summed E-state index contributed by atoms with van der Waals surface area (Å²) < 4.78 is 28.6. The third-order valence-corrected chi connectivity index (χ3v) is 4.61. The molecule has 1 aromatic heterocycles. The Morgan fingerprint density at radius 3 is 2.27 bits per heavy atom. The zero-order chi connectivity index (χ0) is 19.0. The SMILES string of the molecule is O=C(c1ccc(=O)n(-c2c(Cl)cc(Br)cc2Cl)c1)c1ccc(F)cc1F. The van der Waals surface area contributed by atoms with Gasteiger partial charge in [-0.3, -0.25) is 14.2 Å².